The van der Waals surface area contributed by atoms with Gasteiger partial charge in [-0.1, -0.05) is 30.3 Å². The van der Waals surface area contributed by atoms with Crippen molar-refractivity contribution in [2.45, 2.75) is 13.1 Å². The summed E-state index contributed by atoms with van der Waals surface area (Å²) >= 11 is 1.60. The summed E-state index contributed by atoms with van der Waals surface area (Å²) in [5, 5.41) is 1.10. The maximum Gasteiger partial charge on any atom is 0.135 e. The fraction of sp³-hybridized carbons (Fsp3) is 0.222. The molecule has 0 spiro atoms. The van der Waals surface area contributed by atoms with Gasteiger partial charge in [0, 0.05) is 0 Å². The molecule has 2 rings (SSSR count). The van der Waals surface area contributed by atoms with Crippen LogP contribution in [-0.2, 0) is 0 Å². The van der Waals surface area contributed by atoms with Gasteiger partial charge in [-0.15, -0.1) is 0 Å². The van der Waals surface area contributed by atoms with Crippen LogP contribution in [0, 0.1) is 0 Å². The van der Waals surface area contributed by atoms with E-state index < -0.39 is 0 Å². The van der Waals surface area contributed by atoms with Crippen LogP contribution in [0.5, 0.6) is 0 Å². The Hall–Kier alpha value is -0.800. The van der Waals surface area contributed by atoms with Crippen molar-refractivity contribution in [2.24, 2.45) is 4.99 Å². The minimum atomic E-state index is 0.149. The van der Waals surface area contributed by atoms with Crippen LogP contribution in [0.15, 0.2) is 35.3 Å². The number of hydrogen-bond acceptors (Lipinski definition) is 3. The third-order valence-corrected chi connectivity index (χ3v) is 2.49. The molecule has 1 atom stereocenters. The zero-order valence-electron chi connectivity index (χ0n) is 6.82. The maximum absolute atomic E-state index is 4.43. The van der Waals surface area contributed by atoms with Crippen LogP contribution in [0.25, 0.3) is 0 Å². The molecule has 0 radical (unpaired) electrons. The van der Waals surface area contributed by atoms with Crippen molar-refractivity contribution in [2.75, 3.05) is 0 Å². The SMILES string of the molecule is CC1=NC(c2ccccc2)NS1. The molecular weight excluding hydrogens is 168 g/mol. The van der Waals surface area contributed by atoms with Crippen LogP contribution in [0.4, 0.5) is 0 Å². The van der Waals surface area contributed by atoms with Gasteiger partial charge in [0.2, 0.25) is 0 Å². The predicted octanol–water partition coefficient (Wildman–Crippen LogP) is 2.35. The minimum absolute atomic E-state index is 0.149. The molecule has 0 bridgehead atoms. The summed E-state index contributed by atoms with van der Waals surface area (Å²) in [4.78, 5) is 4.43. The molecule has 1 aliphatic heterocycles. The summed E-state index contributed by atoms with van der Waals surface area (Å²) in [6, 6.07) is 10.2. The molecule has 0 amide bonds. The average Bonchev–Trinajstić information content (AvgIpc) is 2.54. The summed E-state index contributed by atoms with van der Waals surface area (Å²) in [7, 11) is 0. The topological polar surface area (TPSA) is 24.4 Å². The van der Waals surface area contributed by atoms with E-state index in [-0.39, 0.29) is 6.17 Å². The van der Waals surface area contributed by atoms with Crippen LogP contribution < -0.4 is 4.72 Å². The first-order valence-corrected chi connectivity index (χ1v) is 4.69. The lowest BCUT2D eigenvalue weighted by molar-refractivity contribution is 0.735. The molecule has 3 heteroatoms. The molecule has 0 aliphatic carbocycles. The number of aliphatic imine (C=N–C) groups is 1. The third kappa shape index (κ3) is 1.52. The normalized spacial score (nSPS) is 22.4. The van der Waals surface area contributed by atoms with Crippen LogP contribution >= 0.6 is 11.9 Å². The van der Waals surface area contributed by atoms with E-state index in [0.717, 1.165) is 5.04 Å². The zero-order chi connectivity index (χ0) is 8.39. The van der Waals surface area contributed by atoms with Gasteiger partial charge in [-0.25, -0.2) is 4.72 Å². The number of nitrogens with one attached hydrogen (secondary N) is 1. The lowest BCUT2D eigenvalue weighted by Crippen LogP contribution is -2.05. The number of hydrogen-bond donors (Lipinski definition) is 1. The fourth-order valence-electron chi connectivity index (χ4n) is 1.15. The third-order valence-electron chi connectivity index (χ3n) is 1.74. The molecule has 62 valence electrons. The molecule has 0 fully saturated rings. The van der Waals surface area contributed by atoms with Crippen molar-refractivity contribution in [1.82, 2.24) is 4.72 Å². The van der Waals surface area contributed by atoms with Crippen LogP contribution in [-0.4, -0.2) is 5.04 Å². The number of rotatable bonds is 1. The van der Waals surface area contributed by atoms with Crippen molar-refractivity contribution in [3.8, 4) is 0 Å². The van der Waals surface area contributed by atoms with Crippen molar-refractivity contribution in [1.29, 1.82) is 0 Å². The van der Waals surface area contributed by atoms with Crippen molar-refractivity contribution >= 4 is 17.0 Å². The van der Waals surface area contributed by atoms with Crippen molar-refractivity contribution < 1.29 is 0 Å². The van der Waals surface area contributed by atoms with Crippen LogP contribution in [0.2, 0.25) is 0 Å². The molecule has 1 aromatic carbocycles. The molecule has 1 aromatic rings. The van der Waals surface area contributed by atoms with Gasteiger partial charge in [0.05, 0.1) is 5.04 Å². The zero-order valence-corrected chi connectivity index (χ0v) is 7.64. The van der Waals surface area contributed by atoms with Crippen molar-refractivity contribution in [3.05, 3.63) is 35.9 Å². The maximum atomic E-state index is 4.43. The van der Waals surface area contributed by atoms with Crippen molar-refractivity contribution in [3.63, 3.8) is 0 Å². The first-order valence-electron chi connectivity index (χ1n) is 3.88. The van der Waals surface area contributed by atoms with E-state index in [4.69, 9.17) is 0 Å². The Morgan fingerprint density at radius 2 is 2.08 bits per heavy atom. The molecule has 12 heavy (non-hydrogen) atoms. The number of nitrogens with zero attached hydrogens (tertiary/aromatic N) is 1. The number of benzene rings is 1. The molecule has 0 aromatic heterocycles. The fourth-order valence-corrected chi connectivity index (χ4v) is 1.78. The monoisotopic (exact) mass is 178 g/mol. The Kier molecular flexibility index (Phi) is 2.15. The Bertz CT molecular complexity index is 295. The molecule has 1 unspecified atom stereocenters. The smallest absolute Gasteiger partial charge is 0.135 e. The lowest BCUT2D eigenvalue weighted by atomic mass is 10.2. The van der Waals surface area contributed by atoms with E-state index in [2.05, 4.69) is 21.8 Å². The second-order valence-electron chi connectivity index (χ2n) is 2.68. The van der Waals surface area contributed by atoms with Gasteiger partial charge < -0.3 is 0 Å². The van der Waals surface area contributed by atoms with E-state index in [1.165, 1.54) is 5.56 Å². The summed E-state index contributed by atoms with van der Waals surface area (Å²) in [5.74, 6) is 0. The molecule has 2 nitrogen and oxygen atoms in total. The largest absolute Gasteiger partial charge is 0.257 e. The predicted molar refractivity (Wildman–Crippen MR) is 53.0 cm³/mol. The summed E-state index contributed by atoms with van der Waals surface area (Å²) < 4.78 is 3.24. The molecule has 1 heterocycles. The highest BCUT2D eigenvalue weighted by Crippen LogP contribution is 2.24. The Balaban J connectivity index is 2.22. The van der Waals surface area contributed by atoms with Gasteiger partial charge in [0.15, 0.2) is 0 Å². The van der Waals surface area contributed by atoms with Gasteiger partial charge in [-0.3, -0.25) is 4.99 Å². The van der Waals surface area contributed by atoms with E-state index in [9.17, 15) is 0 Å². The Morgan fingerprint density at radius 3 is 2.67 bits per heavy atom. The van der Waals surface area contributed by atoms with E-state index in [0.29, 0.717) is 0 Å². The second-order valence-corrected chi connectivity index (χ2v) is 3.71. The minimum Gasteiger partial charge on any atom is -0.257 e. The average molecular weight is 178 g/mol. The standard InChI is InChI=1S/C9H10N2S/c1-7-10-9(11-12-7)8-5-3-2-4-6-8/h2-6,9,11H,1H3. The molecule has 1 aliphatic rings. The summed E-state index contributed by atoms with van der Waals surface area (Å²) in [6.07, 6.45) is 0.149. The lowest BCUT2D eigenvalue weighted by Gasteiger charge is -2.05. The van der Waals surface area contributed by atoms with Crippen LogP contribution in [0.1, 0.15) is 18.7 Å². The molecule has 0 saturated heterocycles. The Labute approximate surface area is 76.2 Å². The van der Waals surface area contributed by atoms with Gasteiger partial charge in [-0.05, 0) is 24.4 Å². The molecule has 1 N–H and O–H groups in total. The van der Waals surface area contributed by atoms with Crippen LogP contribution in [0.3, 0.4) is 0 Å². The van der Waals surface area contributed by atoms with Gasteiger partial charge in [0.25, 0.3) is 0 Å². The van der Waals surface area contributed by atoms with E-state index in [1.807, 2.05) is 25.1 Å². The van der Waals surface area contributed by atoms with E-state index >= 15 is 0 Å². The van der Waals surface area contributed by atoms with E-state index in [1.54, 1.807) is 11.9 Å². The summed E-state index contributed by atoms with van der Waals surface area (Å²) in [5.41, 5.74) is 1.22. The first kappa shape index (κ1) is 7.83. The van der Waals surface area contributed by atoms with Gasteiger partial charge in [0.1, 0.15) is 6.17 Å². The highest BCUT2D eigenvalue weighted by atomic mass is 32.2. The molecule has 0 saturated carbocycles. The highest BCUT2D eigenvalue weighted by Gasteiger charge is 2.15. The second kappa shape index (κ2) is 3.29. The van der Waals surface area contributed by atoms with Gasteiger partial charge >= 0.3 is 0 Å². The molecular formula is C9H10N2S. The Morgan fingerprint density at radius 1 is 1.33 bits per heavy atom. The van der Waals surface area contributed by atoms with Gasteiger partial charge in [-0.2, -0.15) is 0 Å². The quantitative estimate of drug-likeness (QED) is 0.667. The first-order chi connectivity index (χ1) is 5.86. The highest BCUT2D eigenvalue weighted by molar-refractivity contribution is 8.12. The summed E-state index contributed by atoms with van der Waals surface area (Å²) in [6.45, 7) is 2.01.